The zero-order chi connectivity index (χ0) is 12.4. The van der Waals surface area contributed by atoms with Crippen molar-refractivity contribution in [3.63, 3.8) is 0 Å². The van der Waals surface area contributed by atoms with Crippen LogP contribution in [-0.4, -0.2) is 13.1 Å². The van der Waals surface area contributed by atoms with Crippen molar-refractivity contribution in [1.29, 1.82) is 0 Å². The topological polar surface area (TPSA) is 15.3 Å². The third-order valence-corrected chi connectivity index (χ3v) is 3.43. The van der Waals surface area contributed by atoms with E-state index >= 15 is 0 Å². The van der Waals surface area contributed by atoms with Gasteiger partial charge in [0.25, 0.3) is 0 Å². The van der Waals surface area contributed by atoms with E-state index < -0.39 is 0 Å². The highest BCUT2D eigenvalue weighted by atomic mass is 35.5. The van der Waals surface area contributed by atoms with Gasteiger partial charge in [-0.05, 0) is 36.8 Å². The van der Waals surface area contributed by atoms with Crippen molar-refractivity contribution in [2.24, 2.45) is 0 Å². The highest BCUT2D eigenvalue weighted by molar-refractivity contribution is 6.31. The molecule has 3 rings (SSSR count). The predicted octanol–water partition coefficient (Wildman–Crippen LogP) is 4.29. The van der Waals surface area contributed by atoms with E-state index in [1.807, 2.05) is 18.2 Å². The van der Waals surface area contributed by atoms with E-state index in [1.165, 1.54) is 5.69 Å². The molecular weight excluding hydrogens is 244 g/mol. The largest absolute Gasteiger partial charge is 0.383 e. The maximum atomic E-state index is 6.13. The van der Waals surface area contributed by atoms with Gasteiger partial charge in [0.15, 0.2) is 0 Å². The minimum absolute atomic E-state index is 0.776. The van der Waals surface area contributed by atoms with Crippen LogP contribution in [0.2, 0.25) is 5.02 Å². The van der Waals surface area contributed by atoms with E-state index in [2.05, 4.69) is 40.5 Å². The summed E-state index contributed by atoms with van der Waals surface area (Å²) in [5, 5.41) is 4.23. The molecule has 0 unspecified atom stereocenters. The molecule has 3 heteroatoms. The number of hydrogen-bond acceptors (Lipinski definition) is 2. The van der Waals surface area contributed by atoms with Crippen LogP contribution in [0.25, 0.3) is 0 Å². The van der Waals surface area contributed by atoms with E-state index in [1.54, 1.807) is 0 Å². The Balaban J connectivity index is 2.08. The molecule has 0 aromatic heterocycles. The van der Waals surface area contributed by atoms with Crippen LogP contribution in [0.4, 0.5) is 17.1 Å². The summed E-state index contributed by atoms with van der Waals surface area (Å²) in [4.78, 5) is 2.32. The number of halogens is 1. The molecule has 1 heterocycles. The SMILES string of the molecule is Clc1ccc2c(c1)N(c1ccccc1)CCCN2. The van der Waals surface area contributed by atoms with E-state index in [0.717, 1.165) is 35.9 Å². The fourth-order valence-electron chi connectivity index (χ4n) is 2.33. The summed E-state index contributed by atoms with van der Waals surface area (Å²) in [5.41, 5.74) is 3.52. The Kier molecular flexibility index (Phi) is 3.11. The van der Waals surface area contributed by atoms with Crippen LogP contribution in [0.1, 0.15) is 6.42 Å². The van der Waals surface area contributed by atoms with Gasteiger partial charge in [0, 0.05) is 23.8 Å². The lowest BCUT2D eigenvalue weighted by Crippen LogP contribution is -2.17. The molecule has 2 nitrogen and oxygen atoms in total. The molecule has 1 aliphatic rings. The van der Waals surface area contributed by atoms with Crippen molar-refractivity contribution < 1.29 is 0 Å². The number of benzene rings is 2. The highest BCUT2D eigenvalue weighted by Crippen LogP contribution is 2.35. The molecule has 0 bridgehead atoms. The van der Waals surface area contributed by atoms with Crippen LogP contribution < -0.4 is 10.2 Å². The first kappa shape index (κ1) is 11.4. The standard InChI is InChI=1S/C15H15ClN2/c16-12-7-8-14-15(11-12)18(10-4-9-17-14)13-5-2-1-3-6-13/h1-3,5-8,11,17H,4,9-10H2. The first-order chi connectivity index (χ1) is 8.84. The third kappa shape index (κ3) is 2.16. The van der Waals surface area contributed by atoms with Crippen molar-refractivity contribution >= 4 is 28.7 Å². The van der Waals surface area contributed by atoms with E-state index in [4.69, 9.17) is 11.6 Å². The number of fused-ring (bicyclic) bond motifs is 1. The van der Waals surface area contributed by atoms with Crippen molar-refractivity contribution in [2.75, 3.05) is 23.3 Å². The van der Waals surface area contributed by atoms with Gasteiger partial charge in [-0.2, -0.15) is 0 Å². The predicted molar refractivity (Wildman–Crippen MR) is 78.0 cm³/mol. The zero-order valence-corrected chi connectivity index (χ0v) is 10.8. The van der Waals surface area contributed by atoms with Crippen LogP contribution in [0.15, 0.2) is 48.5 Å². The molecule has 1 N–H and O–H groups in total. The Labute approximate surface area is 112 Å². The summed E-state index contributed by atoms with van der Waals surface area (Å²) in [6.07, 6.45) is 1.11. The average molecular weight is 259 g/mol. The summed E-state index contributed by atoms with van der Waals surface area (Å²) in [5.74, 6) is 0. The van der Waals surface area contributed by atoms with Crippen LogP contribution >= 0.6 is 11.6 Å². The van der Waals surface area contributed by atoms with E-state index in [0.29, 0.717) is 0 Å². The lowest BCUT2D eigenvalue weighted by Gasteiger charge is -2.24. The molecule has 0 saturated carbocycles. The second-order valence-electron chi connectivity index (χ2n) is 4.43. The molecule has 1 aliphatic heterocycles. The number of hydrogen-bond donors (Lipinski definition) is 1. The number of rotatable bonds is 1. The van der Waals surface area contributed by atoms with Crippen LogP contribution in [-0.2, 0) is 0 Å². The molecule has 2 aromatic carbocycles. The Hall–Kier alpha value is -1.67. The number of nitrogens with zero attached hydrogens (tertiary/aromatic N) is 1. The Morgan fingerprint density at radius 1 is 1.06 bits per heavy atom. The lowest BCUT2D eigenvalue weighted by atomic mass is 10.2. The molecule has 0 saturated heterocycles. The minimum Gasteiger partial charge on any atom is -0.383 e. The summed E-state index contributed by atoms with van der Waals surface area (Å²) >= 11 is 6.13. The summed E-state index contributed by atoms with van der Waals surface area (Å²) in [6.45, 7) is 2.00. The number of anilines is 3. The molecule has 18 heavy (non-hydrogen) atoms. The molecule has 0 atom stereocenters. The Morgan fingerprint density at radius 3 is 2.72 bits per heavy atom. The van der Waals surface area contributed by atoms with Gasteiger partial charge in [-0.25, -0.2) is 0 Å². The summed E-state index contributed by atoms with van der Waals surface area (Å²) in [7, 11) is 0. The van der Waals surface area contributed by atoms with Crippen LogP contribution in [0.5, 0.6) is 0 Å². The minimum atomic E-state index is 0.776. The Morgan fingerprint density at radius 2 is 1.89 bits per heavy atom. The first-order valence-corrected chi connectivity index (χ1v) is 6.58. The van der Waals surface area contributed by atoms with Crippen molar-refractivity contribution in [2.45, 2.75) is 6.42 Å². The normalized spacial score (nSPS) is 14.6. The summed E-state index contributed by atoms with van der Waals surface area (Å²) in [6, 6.07) is 16.5. The first-order valence-electron chi connectivity index (χ1n) is 6.20. The maximum Gasteiger partial charge on any atom is 0.0661 e. The molecule has 0 aliphatic carbocycles. The second kappa shape index (κ2) is 4.91. The molecule has 0 spiro atoms. The number of para-hydroxylation sites is 1. The summed E-state index contributed by atoms with van der Waals surface area (Å²) < 4.78 is 0. The zero-order valence-electron chi connectivity index (χ0n) is 10.1. The molecule has 0 amide bonds. The average Bonchev–Trinajstić information content (AvgIpc) is 2.61. The van der Waals surface area contributed by atoms with Gasteiger partial charge in [0.1, 0.15) is 0 Å². The fraction of sp³-hybridized carbons (Fsp3) is 0.200. The van der Waals surface area contributed by atoms with E-state index in [-0.39, 0.29) is 0 Å². The van der Waals surface area contributed by atoms with Gasteiger partial charge in [0.2, 0.25) is 0 Å². The molecule has 0 fully saturated rings. The molecule has 0 radical (unpaired) electrons. The number of nitrogens with one attached hydrogen (secondary N) is 1. The highest BCUT2D eigenvalue weighted by Gasteiger charge is 2.16. The third-order valence-electron chi connectivity index (χ3n) is 3.19. The van der Waals surface area contributed by atoms with Crippen molar-refractivity contribution in [1.82, 2.24) is 0 Å². The Bertz CT molecular complexity index is 539. The second-order valence-corrected chi connectivity index (χ2v) is 4.87. The van der Waals surface area contributed by atoms with Gasteiger partial charge >= 0.3 is 0 Å². The smallest absolute Gasteiger partial charge is 0.0661 e. The van der Waals surface area contributed by atoms with Crippen LogP contribution in [0.3, 0.4) is 0 Å². The van der Waals surface area contributed by atoms with Crippen molar-refractivity contribution in [3.05, 3.63) is 53.6 Å². The van der Waals surface area contributed by atoms with Gasteiger partial charge in [-0.3, -0.25) is 0 Å². The molecule has 92 valence electrons. The van der Waals surface area contributed by atoms with Gasteiger partial charge in [-0.15, -0.1) is 0 Å². The quantitative estimate of drug-likeness (QED) is 0.821. The fourth-order valence-corrected chi connectivity index (χ4v) is 2.50. The maximum absolute atomic E-state index is 6.13. The van der Waals surface area contributed by atoms with Crippen molar-refractivity contribution in [3.8, 4) is 0 Å². The van der Waals surface area contributed by atoms with Gasteiger partial charge in [0.05, 0.1) is 11.4 Å². The van der Waals surface area contributed by atoms with Gasteiger partial charge < -0.3 is 10.2 Å². The monoisotopic (exact) mass is 258 g/mol. The van der Waals surface area contributed by atoms with E-state index in [9.17, 15) is 0 Å². The molecular formula is C15H15ClN2. The van der Waals surface area contributed by atoms with Gasteiger partial charge in [-0.1, -0.05) is 29.8 Å². The molecule has 2 aromatic rings. The lowest BCUT2D eigenvalue weighted by molar-refractivity contribution is 0.863. The van der Waals surface area contributed by atoms with Crippen LogP contribution in [0, 0.1) is 0 Å².